The summed E-state index contributed by atoms with van der Waals surface area (Å²) in [5.74, 6) is 1.04. The number of nitrogens with zero attached hydrogens (tertiary/aromatic N) is 4. The molecule has 1 aliphatic heterocycles. The van der Waals surface area contributed by atoms with E-state index in [9.17, 15) is 4.79 Å². The van der Waals surface area contributed by atoms with Crippen molar-refractivity contribution in [2.45, 2.75) is 33.1 Å². The van der Waals surface area contributed by atoms with Crippen molar-refractivity contribution in [3.63, 3.8) is 0 Å². The normalized spacial score (nSPS) is 14.4. The van der Waals surface area contributed by atoms with Crippen molar-refractivity contribution in [2.75, 3.05) is 23.3 Å². The van der Waals surface area contributed by atoms with Crippen LogP contribution in [0.1, 0.15) is 31.0 Å². The van der Waals surface area contributed by atoms with Crippen molar-refractivity contribution in [3.05, 3.63) is 78.2 Å². The zero-order chi connectivity index (χ0) is 25.4. The van der Waals surface area contributed by atoms with Crippen LogP contribution in [0.2, 0.25) is 0 Å². The average Bonchev–Trinajstić information content (AvgIpc) is 3.32. The zero-order valence-electron chi connectivity index (χ0n) is 21.1. The number of hydrogen-bond donors (Lipinski definition) is 1. The van der Waals surface area contributed by atoms with Crippen LogP contribution in [-0.4, -0.2) is 33.9 Å². The molecule has 0 aliphatic carbocycles. The summed E-state index contributed by atoms with van der Waals surface area (Å²) in [4.78, 5) is 30.5. The number of aromatic nitrogens is 3. The maximum absolute atomic E-state index is 12.9. The quantitative estimate of drug-likeness (QED) is 0.289. The number of fused-ring (bicyclic) bond motifs is 3. The molecule has 1 fully saturated rings. The minimum Gasteiger partial charge on any atom is -0.355 e. The van der Waals surface area contributed by atoms with Crippen LogP contribution in [0.5, 0.6) is 0 Å². The fraction of sp³-hybridized carbons (Fsp3) is 0.267. The molecule has 2 aromatic carbocycles. The van der Waals surface area contributed by atoms with E-state index in [-0.39, 0.29) is 11.8 Å². The molecule has 186 valence electrons. The highest BCUT2D eigenvalue weighted by Crippen LogP contribution is 2.42. The maximum atomic E-state index is 12.9. The molecule has 7 heteroatoms. The molecule has 1 aliphatic rings. The van der Waals surface area contributed by atoms with E-state index in [0.717, 1.165) is 81.1 Å². The van der Waals surface area contributed by atoms with Crippen LogP contribution in [0.15, 0.2) is 67.0 Å². The van der Waals surface area contributed by atoms with E-state index in [1.54, 1.807) is 17.7 Å². The summed E-state index contributed by atoms with van der Waals surface area (Å²) >= 11 is 1.66. The molecule has 0 radical (unpaired) electrons. The molecule has 0 unspecified atom stereocenters. The SMILES string of the molecule is CCc1ccc(NC(=O)C2CCN(c3ncnc4c3sc3nc(C)cc(-c5ccccc5)c34)CC2)cc1. The van der Waals surface area contributed by atoms with Gasteiger partial charge in [-0.3, -0.25) is 4.79 Å². The minimum atomic E-state index is -0.00385. The molecule has 1 N–H and O–H groups in total. The van der Waals surface area contributed by atoms with Gasteiger partial charge in [0.1, 0.15) is 17.0 Å². The molecule has 3 aromatic heterocycles. The van der Waals surface area contributed by atoms with Crippen molar-refractivity contribution < 1.29 is 4.79 Å². The third kappa shape index (κ3) is 4.55. The molecule has 1 amide bonds. The first-order valence-corrected chi connectivity index (χ1v) is 13.7. The molecular formula is C30H29N5OS. The summed E-state index contributed by atoms with van der Waals surface area (Å²) < 4.78 is 1.06. The Morgan fingerprint density at radius 1 is 1.05 bits per heavy atom. The summed E-state index contributed by atoms with van der Waals surface area (Å²) in [6, 6.07) is 20.7. The molecule has 1 saturated heterocycles. The van der Waals surface area contributed by atoms with E-state index in [0.29, 0.717) is 0 Å². The Kier molecular flexibility index (Phi) is 6.30. The molecule has 37 heavy (non-hydrogen) atoms. The minimum absolute atomic E-state index is 0.00385. The molecule has 0 bridgehead atoms. The highest BCUT2D eigenvalue weighted by atomic mass is 32.1. The number of anilines is 2. The highest BCUT2D eigenvalue weighted by molar-refractivity contribution is 7.26. The lowest BCUT2D eigenvalue weighted by Crippen LogP contribution is -2.38. The zero-order valence-corrected chi connectivity index (χ0v) is 21.9. The second kappa shape index (κ2) is 9.90. The second-order valence-corrected chi connectivity index (χ2v) is 10.6. The van der Waals surface area contributed by atoms with Gasteiger partial charge in [-0.05, 0) is 61.1 Å². The largest absolute Gasteiger partial charge is 0.355 e. The highest BCUT2D eigenvalue weighted by Gasteiger charge is 2.28. The summed E-state index contributed by atoms with van der Waals surface area (Å²) in [5, 5.41) is 4.19. The van der Waals surface area contributed by atoms with Crippen LogP contribution in [0.25, 0.3) is 31.6 Å². The maximum Gasteiger partial charge on any atom is 0.227 e. The Hall–Kier alpha value is -3.84. The summed E-state index contributed by atoms with van der Waals surface area (Å²) in [6.07, 6.45) is 4.24. The van der Waals surface area contributed by atoms with Gasteiger partial charge in [-0.25, -0.2) is 15.0 Å². The smallest absolute Gasteiger partial charge is 0.227 e. The van der Waals surface area contributed by atoms with Gasteiger partial charge in [-0.15, -0.1) is 11.3 Å². The summed E-state index contributed by atoms with van der Waals surface area (Å²) in [6.45, 7) is 5.73. The molecule has 6 rings (SSSR count). The topological polar surface area (TPSA) is 71.0 Å². The first-order valence-electron chi connectivity index (χ1n) is 12.9. The van der Waals surface area contributed by atoms with E-state index >= 15 is 0 Å². The number of hydrogen-bond acceptors (Lipinski definition) is 6. The van der Waals surface area contributed by atoms with Crippen LogP contribution >= 0.6 is 11.3 Å². The number of amides is 1. The van der Waals surface area contributed by atoms with Crippen molar-refractivity contribution in [1.29, 1.82) is 0 Å². The lowest BCUT2D eigenvalue weighted by molar-refractivity contribution is -0.120. The van der Waals surface area contributed by atoms with Crippen molar-refractivity contribution in [3.8, 4) is 11.1 Å². The molecule has 4 heterocycles. The first kappa shape index (κ1) is 23.6. The van der Waals surface area contributed by atoms with Crippen molar-refractivity contribution in [2.24, 2.45) is 5.92 Å². The predicted octanol–water partition coefficient (Wildman–Crippen LogP) is 6.63. The standard InChI is InChI=1S/C30H29N5OS/c1-3-20-9-11-23(12-10-20)34-29(36)22-13-15-35(16-14-22)28-27-26(31-18-32-28)25-24(21-7-5-4-6-8-21)17-19(2)33-30(25)37-27/h4-12,17-18,22H,3,13-16H2,1-2H3,(H,34,36). The average molecular weight is 508 g/mol. The van der Waals surface area contributed by atoms with Gasteiger partial charge in [0, 0.05) is 35.8 Å². The number of rotatable bonds is 5. The fourth-order valence-corrected chi connectivity index (χ4v) is 6.39. The van der Waals surface area contributed by atoms with Crippen molar-refractivity contribution in [1.82, 2.24) is 15.0 Å². The summed E-state index contributed by atoms with van der Waals surface area (Å²) in [5.41, 5.74) is 6.39. The van der Waals surface area contributed by atoms with Crippen LogP contribution in [-0.2, 0) is 11.2 Å². The van der Waals surface area contributed by atoms with Gasteiger partial charge in [0.25, 0.3) is 0 Å². The van der Waals surface area contributed by atoms with Gasteiger partial charge in [0.15, 0.2) is 0 Å². The first-order chi connectivity index (χ1) is 18.1. The van der Waals surface area contributed by atoms with Crippen molar-refractivity contribution >= 4 is 49.2 Å². The Bertz CT molecular complexity index is 1570. The number of aryl methyl sites for hydroxylation is 2. The van der Waals surface area contributed by atoms with E-state index in [1.807, 2.05) is 25.1 Å². The Morgan fingerprint density at radius 3 is 2.54 bits per heavy atom. The van der Waals surface area contributed by atoms with E-state index in [1.165, 1.54) is 5.56 Å². The lowest BCUT2D eigenvalue weighted by Gasteiger charge is -2.32. The Morgan fingerprint density at radius 2 is 1.81 bits per heavy atom. The number of carbonyl (C=O) groups excluding carboxylic acids is 1. The second-order valence-electron chi connectivity index (χ2n) is 9.64. The fourth-order valence-electron chi connectivity index (χ4n) is 5.17. The molecule has 6 nitrogen and oxygen atoms in total. The van der Waals surface area contributed by atoms with Gasteiger partial charge >= 0.3 is 0 Å². The van der Waals surface area contributed by atoms with Gasteiger partial charge < -0.3 is 10.2 Å². The molecular weight excluding hydrogens is 478 g/mol. The molecule has 0 atom stereocenters. The summed E-state index contributed by atoms with van der Waals surface area (Å²) in [7, 11) is 0. The van der Waals surface area contributed by atoms with E-state index in [2.05, 4.69) is 59.6 Å². The lowest BCUT2D eigenvalue weighted by atomic mass is 9.95. The van der Waals surface area contributed by atoms with Crippen LogP contribution in [0, 0.1) is 12.8 Å². The number of piperidine rings is 1. The Labute approximate surface area is 220 Å². The Balaban J connectivity index is 1.25. The monoisotopic (exact) mass is 507 g/mol. The van der Waals surface area contributed by atoms with Gasteiger partial charge in [-0.1, -0.05) is 49.4 Å². The number of pyridine rings is 1. The van der Waals surface area contributed by atoms with Crippen LogP contribution < -0.4 is 10.2 Å². The van der Waals surface area contributed by atoms with Gasteiger partial charge in [0.2, 0.25) is 5.91 Å². The molecule has 5 aromatic rings. The number of nitrogens with one attached hydrogen (secondary N) is 1. The predicted molar refractivity (Wildman–Crippen MR) is 152 cm³/mol. The molecule has 0 spiro atoms. The third-order valence-corrected chi connectivity index (χ3v) is 8.28. The van der Waals surface area contributed by atoms with E-state index < -0.39 is 0 Å². The number of carbonyl (C=O) groups is 1. The molecule has 0 saturated carbocycles. The van der Waals surface area contributed by atoms with Crippen LogP contribution in [0.4, 0.5) is 11.5 Å². The van der Waals surface area contributed by atoms with Gasteiger partial charge in [0.05, 0.1) is 10.2 Å². The number of thiophene rings is 1. The van der Waals surface area contributed by atoms with E-state index in [4.69, 9.17) is 15.0 Å². The van der Waals surface area contributed by atoms with Gasteiger partial charge in [-0.2, -0.15) is 0 Å². The third-order valence-electron chi connectivity index (χ3n) is 7.21. The number of benzene rings is 2. The van der Waals surface area contributed by atoms with Crippen LogP contribution in [0.3, 0.4) is 0 Å².